The van der Waals surface area contributed by atoms with Gasteiger partial charge in [-0.2, -0.15) is 0 Å². The third-order valence-corrected chi connectivity index (χ3v) is 4.51. The van der Waals surface area contributed by atoms with Gasteiger partial charge in [0.25, 0.3) is 0 Å². The fourth-order valence-electron chi connectivity index (χ4n) is 2.91. The molecule has 26 heavy (non-hydrogen) atoms. The summed E-state index contributed by atoms with van der Waals surface area (Å²) in [5.41, 5.74) is 4.95. The summed E-state index contributed by atoms with van der Waals surface area (Å²) < 4.78 is 33.1. The van der Waals surface area contributed by atoms with Crippen molar-refractivity contribution in [2.45, 2.75) is 20.4 Å². The summed E-state index contributed by atoms with van der Waals surface area (Å²) in [7, 11) is 1.59. The van der Waals surface area contributed by atoms with Crippen LogP contribution in [-0.2, 0) is 6.54 Å². The van der Waals surface area contributed by atoms with Crippen molar-refractivity contribution in [1.82, 2.24) is 0 Å². The maximum Gasteiger partial charge on any atom is 0.146 e. The molecule has 1 N–H and O–H groups in total. The molecule has 0 radical (unpaired) electrons. The zero-order valence-electron chi connectivity index (χ0n) is 15.1. The number of nitrogens with one attached hydrogen (secondary N) is 1. The van der Waals surface area contributed by atoms with Gasteiger partial charge in [0.05, 0.1) is 12.8 Å². The highest BCUT2D eigenvalue weighted by Gasteiger charge is 2.09. The second-order valence-corrected chi connectivity index (χ2v) is 6.30. The zero-order chi connectivity index (χ0) is 18.7. The van der Waals surface area contributed by atoms with Gasteiger partial charge in [0.1, 0.15) is 17.4 Å². The number of aryl methyl sites for hydroxylation is 1. The SMILES string of the molecule is COc1cc(CNc2c(F)ccc(C)c2C)cc(-c2cccc(F)c2)c1. The van der Waals surface area contributed by atoms with Crippen LogP contribution >= 0.6 is 0 Å². The first-order chi connectivity index (χ1) is 12.5. The second-order valence-electron chi connectivity index (χ2n) is 6.30. The molecule has 134 valence electrons. The Kier molecular flexibility index (Phi) is 5.21. The fourth-order valence-corrected chi connectivity index (χ4v) is 2.91. The Morgan fingerprint density at radius 3 is 2.46 bits per heavy atom. The van der Waals surface area contributed by atoms with Crippen LogP contribution in [0.3, 0.4) is 0 Å². The number of methoxy groups -OCH3 is 1. The van der Waals surface area contributed by atoms with Crippen molar-refractivity contribution in [3.8, 4) is 16.9 Å². The van der Waals surface area contributed by atoms with E-state index in [1.807, 2.05) is 38.1 Å². The molecule has 0 aliphatic heterocycles. The highest BCUT2D eigenvalue weighted by molar-refractivity contribution is 5.66. The van der Waals surface area contributed by atoms with Gasteiger partial charge in [-0.05, 0) is 78.1 Å². The van der Waals surface area contributed by atoms with Crippen LogP contribution in [-0.4, -0.2) is 7.11 Å². The lowest BCUT2D eigenvalue weighted by atomic mass is 10.0. The summed E-state index contributed by atoms with van der Waals surface area (Å²) in [4.78, 5) is 0. The van der Waals surface area contributed by atoms with Crippen molar-refractivity contribution in [1.29, 1.82) is 0 Å². The Labute approximate surface area is 152 Å². The van der Waals surface area contributed by atoms with Gasteiger partial charge in [0.15, 0.2) is 0 Å². The molecule has 3 aromatic carbocycles. The number of halogens is 2. The van der Waals surface area contributed by atoms with Gasteiger partial charge in [-0.25, -0.2) is 8.78 Å². The number of anilines is 1. The number of hydrogen-bond donors (Lipinski definition) is 1. The molecule has 3 aromatic rings. The van der Waals surface area contributed by atoms with Crippen LogP contribution in [0.2, 0.25) is 0 Å². The fraction of sp³-hybridized carbons (Fsp3) is 0.182. The molecule has 4 heteroatoms. The third kappa shape index (κ3) is 3.85. The van der Waals surface area contributed by atoms with Crippen molar-refractivity contribution >= 4 is 5.69 Å². The maximum absolute atomic E-state index is 14.1. The molecule has 0 bridgehead atoms. The normalized spacial score (nSPS) is 10.7. The summed E-state index contributed by atoms with van der Waals surface area (Å²) >= 11 is 0. The van der Waals surface area contributed by atoms with Crippen molar-refractivity contribution < 1.29 is 13.5 Å². The quantitative estimate of drug-likeness (QED) is 0.619. The minimum atomic E-state index is -0.289. The van der Waals surface area contributed by atoms with Gasteiger partial charge >= 0.3 is 0 Å². The van der Waals surface area contributed by atoms with Gasteiger partial charge in [-0.3, -0.25) is 0 Å². The molecule has 0 unspecified atom stereocenters. The van der Waals surface area contributed by atoms with Crippen LogP contribution in [0.5, 0.6) is 5.75 Å². The molecule has 0 saturated carbocycles. The van der Waals surface area contributed by atoms with E-state index in [2.05, 4.69) is 5.32 Å². The van der Waals surface area contributed by atoms with Crippen LogP contribution in [0.25, 0.3) is 11.1 Å². The summed E-state index contributed by atoms with van der Waals surface area (Å²) in [6, 6.07) is 15.3. The molecule has 0 fully saturated rings. The monoisotopic (exact) mass is 353 g/mol. The Morgan fingerprint density at radius 1 is 0.923 bits per heavy atom. The molecular formula is C22H21F2NO. The summed E-state index contributed by atoms with van der Waals surface area (Å²) in [6.45, 7) is 4.28. The van der Waals surface area contributed by atoms with Gasteiger partial charge in [0.2, 0.25) is 0 Å². The first kappa shape index (κ1) is 17.9. The van der Waals surface area contributed by atoms with Crippen LogP contribution < -0.4 is 10.1 Å². The molecule has 0 spiro atoms. The Hall–Kier alpha value is -2.88. The van der Waals surface area contributed by atoms with E-state index in [1.165, 1.54) is 18.2 Å². The van der Waals surface area contributed by atoms with Crippen molar-refractivity contribution in [3.05, 3.63) is 82.9 Å². The Balaban J connectivity index is 1.91. The number of rotatable bonds is 5. The molecule has 0 aromatic heterocycles. The summed E-state index contributed by atoms with van der Waals surface area (Å²) in [5.74, 6) is 0.105. The van der Waals surface area contributed by atoms with Crippen LogP contribution in [0.4, 0.5) is 14.5 Å². The van der Waals surface area contributed by atoms with E-state index in [9.17, 15) is 8.78 Å². The number of ether oxygens (including phenoxy) is 1. The Morgan fingerprint density at radius 2 is 1.73 bits per heavy atom. The smallest absolute Gasteiger partial charge is 0.146 e. The lowest BCUT2D eigenvalue weighted by Crippen LogP contribution is -2.05. The van der Waals surface area contributed by atoms with E-state index in [-0.39, 0.29) is 11.6 Å². The largest absolute Gasteiger partial charge is 0.497 e. The molecule has 0 amide bonds. The predicted molar refractivity (Wildman–Crippen MR) is 102 cm³/mol. The average Bonchev–Trinajstić information content (AvgIpc) is 2.64. The number of benzene rings is 3. The highest BCUT2D eigenvalue weighted by atomic mass is 19.1. The van der Waals surface area contributed by atoms with Crippen molar-refractivity contribution in [2.24, 2.45) is 0 Å². The average molecular weight is 353 g/mol. The van der Waals surface area contributed by atoms with Gasteiger partial charge in [-0.1, -0.05) is 18.2 Å². The predicted octanol–water partition coefficient (Wildman–Crippen LogP) is 5.87. The molecule has 0 aliphatic rings. The second kappa shape index (κ2) is 7.56. The third-order valence-electron chi connectivity index (χ3n) is 4.51. The standard InChI is InChI=1S/C22H21F2NO/c1-14-7-8-21(24)22(15(14)2)25-13-16-9-18(12-20(10-16)26-3)17-5-4-6-19(23)11-17/h4-12,25H,13H2,1-3H3. The van der Waals surface area contributed by atoms with E-state index >= 15 is 0 Å². The molecule has 0 atom stereocenters. The van der Waals surface area contributed by atoms with E-state index in [1.54, 1.807) is 19.2 Å². The van der Waals surface area contributed by atoms with Crippen LogP contribution in [0.15, 0.2) is 54.6 Å². The molecule has 0 aliphatic carbocycles. The van der Waals surface area contributed by atoms with Gasteiger partial charge < -0.3 is 10.1 Å². The summed E-state index contributed by atoms with van der Waals surface area (Å²) in [5, 5.41) is 3.18. The molecule has 2 nitrogen and oxygen atoms in total. The molecule has 0 heterocycles. The molecule has 3 rings (SSSR count). The van der Waals surface area contributed by atoms with Gasteiger partial charge in [-0.15, -0.1) is 0 Å². The molecular weight excluding hydrogens is 332 g/mol. The van der Waals surface area contributed by atoms with Crippen LogP contribution in [0.1, 0.15) is 16.7 Å². The van der Waals surface area contributed by atoms with Crippen molar-refractivity contribution in [2.75, 3.05) is 12.4 Å². The minimum Gasteiger partial charge on any atom is -0.497 e. The molecule has 0 saturated heterocycles. The topological polar surface area (TPSA) is 21.3 Å². The minimum absolute atomic E-state index is 0.277. The van der Waals surface area contributed by atoms with E-state index in [0.29, 0.717) is 18.0 Å². The maximum atomic E-state index is 14.1. The van der Waals surface area contributed by atoms with Crippen molar-refractivity contribution in [3.63, 3.8) is 0 Å². The summed E-state index contributed by atoms with van der Waals surface area (Å²) in [6.07, 6.45) is 0. The first-order valence-corrected chi connectivity index (χ1v) is 8.41. The van der Waals surface area contributed by atoms with E-state index < -0.39 is 0 Å². The lowest BCUT2D eigenvalue weighted by Gasteiger charge is -2.14. The first-order valence-electron chi connectivity index (χ1n) is 8.41. The highest BCUT2D eigenvalue weighted by Crippen LogP contribution is 2.28. The zero-order valence-corrected chi connectivity index (χ0v) is 15.1. The van der Waals surface area contributed by atoms with E-state index in [4.69, 9.17) is 4.74 Å². The number of hydrogen-bond acceptors (Lipinski definition) is 2. The Bertz CT molecular complexity index is 937. The van der Waals surface area contributed by atoms with Gasteiger partial charge in [0, 0.05) is 6.54 Å². The lowest BCUT2D eigenvalue weighted by molar-refractivity contribution is 0.414. The van der Waals surface area contributed by atoms with Crippen LogP contribution in [0, 0.1) is 25.5 Å². The van der Waals surface area contributed by atoms with E-state index in [0.717, 1.165) is 27.8 Å².